The fraction of sp³-hybridized carbons (Fsp3) is 0.400. The molecule has 5 nitrogen and oxygen atoms in total. The van der Waals surface area contributed by atoms with Gasteiger partial charge in [0.05, 0.1) is 13.0 Å². The molecule has 1 unspecified atom stereocenters. The summed E-state index contributed by atoms with van der Waals surface area (Å²) < 4.78 is 16.9. The molecule has 2 aromatic carbocycles. The molecule has 0 bridgehead atoms. The Bertz CT molecular complexity index is 996. The van der Waals surface area contributed by atoms with Crippen molar-refractivity contribution in [3.63, 3.8) is 0 Å². The fourth-order valence-corrected chi connectivity index (χ4v) is 4.44. The predicted octanol–water partition coefficient (Wildman–Crippen LogP) is 3.64. The smallest absolute Gasteiger partial charge is 0.224 e. The van der Waals surface area contributed by atoms with Crippen LogP contribution in [0.2, 0.25) is 0 Å². The third-order valence-corrected chi connectivity index (χ3v) is 6.12. The molecule has 0 radical (unpaired) electrons. The summed E-state index contributed by atoms with van der Waals surface area (Å²) in [4.78, 5) is 14.2. The maximum atomic E-state index is 14.6. The van der Waals surface area contributed by atoms with Gasteiger partial charge in [-0.3, -0.25) is 9.69 Å². The number of benzene rings is 2. The van der Waals surface area contributed by atoms with Crippen LogP contribution in [0.5, 0.6) is 0 Å². The van der Waals surface area contributed by atoms with Crippen molar-refractivity contribution < 1.29 is 14.3 Å². The molecule has 6 heteroatoms. The van der Waals surface area contributed by atoms with E-state index in [0.29, 0.717) is 19.0 Å². The number of halogens is 1. The van der Waals surface area contributed by atoms with Crippen LogP contribution in [0.15, 0.2) is 60.8 Å². The Labute approximate surface area is 182 Å². The number of amides is 1. The second-order valence-electron chi connectivity index (χ2n) is 8.28. The van der Waals surface area contributed by atoms with Gasteiger partial charge < -0.3 is 15.0 Å². The van der Waals surface area contributed by atoms with Crippen LogP contribution in [0.4, 0.5) is 4.39 Å². The highest BCUT2D eigenvalue weighted by molar-refractivity contribution is 5.84. The number of nitrogens with zero attached hydrogens (tertiary/aromatic N) is 2. The highest BCUT2D eigenvalue weighted by atomic mass is 19.1. The van der Waals surface area contributed by atoms with E-state index in [1.807, 2.05) is 36.4 Å². The van der Waals surface area contributed by atoms with Crippen molar-refractivity contribution in [2.45, 2.75) is 31.5 Å². The summed E-state index contributed by atoms with van der Waals surface area (Å²) in [5.41, 5.74) is 2.85. The van der Waals surface area contributed by atoms with Crippen LogP contribution in [0.1, 0.15) is 36.2 Å². The first-order valence-electron chi connectivity index (χ1n) is 11.0. The van der Waals surface area contributed by atoms with Crippen LogP contribution in [-0.4, -0.2) is 53.3 Å². The molecule has 1 atom stereocenters. The first kappa shape index (κ1) is 21.5. The Balaban J connectivity index is 1.38. The van der Waals surface area contributed by atoms with E-state index < -0.39 is 6.17 Å². The Hall–Kier alpha value is -2.70. The van der Waals surface area contributed by atoms with E-state index in [1.54, 1.807) is 0 Å². The van der Waals surface area contributed by atoms with E-state index >= 15 is 0 Å². The van der Waals surface area contributed by atoms with Gasteiger partial charge in [0.2, 0.25) is 5.91 Å². The van der Waals surface area contributed by atoms with Crippen LogP contribution >= 0.6 is 0 Å². The number of aliphatic hydroxyl groups is 1. The van der Waals surface area contributed by atoms with Gasteiger partial charge in [0.1, 0.15) is 6.17 Å². The zero-order valence-corrected chi connectivity index (χ0v) is 17.7. The molecule has 0 saturated carbocycles. The summed E-state index contributed by atoms with van der Waals surface area (Å²) >= 11 is 0. The Morgan fingerprint density at radius 1 is 1.13 bits per heavy atom. The summed E-state index contributed by atoms with van der Waals surface area (Å²) in [6.45, 7) is 2.42. The zero-order valence-electron chi connectivity index (χ0n) is 17.7. The molecule has 1 aliphatic heterocycles. The standard InChI is InChI=1S/C25H30FN3O2/c26-23(20-4-2-1-3-5-20)18-28-12-9-22(10-13-28)29-14-8-21-7-6-19(16-24(21)29)17-25(31)27-11-15-30/h1-8,14,16,22-23,30H,9-13,15,17-18H2,(H,27,31). The van der Waals surface area contributed by atoms with Crippen LogP contribution in [0.3, 0.4) is 0 Å². The van der Waals surface area contributed by atoms with Gasteiger partial charge in [0.25, 0.3) is 0 Å². The first-order valence-corrected chi connectivity index (χ1v) is 11.0. The van der Waals surface area contributed by atoms with Gasteiger partial charge in [0, 0.05) is 43.9 Å². The molecule has 164 valence electrons. The minimum Gasteiger partial charge on any atom is -0.395 e. The summed E-state index contributed by atoms with van der Waals surface area (Å²) in [6.07, 6.45) is 3.43. The molecule has 1 saturated heterocycles. The third kappa shape index (κ3) is 5.32. The number of hydrogen-bond donors (Lipinski definition) is 2. The van der Waals surface area contributed by atoms with Gasteiger partial charge in [-0.1, -0.05) is 42.5 Å². The monoisotopic (exact) mass is 423 g/mol. The average Bonchev–Trinajstić information content (AvgIpc) is 3.22. The molecule has 3 aromatic rings. The van der Waals surface area contributed by atoms with Gasteiger partial charge in [-0.2, -0.15) is 0 Å². The van der Waals surface area contributed by atoms with Crippen LogP contribution in [0.25, 0.3) is 10.9 Å². The maximum Gasteiger partial charge on any atom is 0.224 e. The molecule has 2 N–H and O–H groups in total. The fourth-order valence-electron chi connectivity index (χ4n) is 4.44. The molecule has 31 heavy (non-hydrogen) atoms. The highest BCUT2D eigenvalue weighted by Crippen LogP contribution is 2.30. The Kier molecular flexibility index (Phi) is 6.99. The normalized spacial score (nSPS) is 16.5. The minimum absolute atomic E-state index is 0.0547. The minimum atomic E-state index is -0.954. The number of alkyl halides is 1. The van der Waals surface area contributed by atoms with Crippen LogP contribution < -0.4 is 5.32 Å². The number of rotatable bonds is 8. The third-order valence-electron chi connectivity index (χ3n) is 6.12. The molecule has 2 heterocycles. The number of hydrogen-bond acceptors (Lipinski definition) is 3. The molecular weight excluding hydrogens is 393 g/mol. The molecule has 1 amide bonds. The lowest BCUT2D eigenvalue weighted by molar-refractivity contribution is -0.120. The topological polar surface area (TPSA) is 57.5 Å². The predicted molar refractivity (Wildman–Crippen MR) is 121 cm³/mol. The second-order valence-corrected chi connectivity index (χ2v) is 8.28. The summed E-state index contributed by atoms with van der Waals surface area (Å²) in [5.74, 6) is -0.0843. The molecule has 1 fully saturated rings. The number of nitrogens with one attached hydrogen (secondary N) is 1. The summed E-state index contributed by atoms with van der Waals surface area (Å²) in [5, 5.41) is 12.7. The summed E-state index contributed by atoms with van der Waals surface area (Å²) in [6, 6.07) is 18.0. The van der Waals surface area contributed by atoms with E-state index in [2.05, 4.69) is 39.2 Å². The van der Waals surface area contributed by atoms with Gasteiger partial charge in [0.15, 0.2) is 0 Å². The van der Waals surface area contributed by atoms with E-state index in [-0.39, 0.29) is 19.1 Å². The average molecular weight is 424 g/mol. The molecule has 0 spiro atoms. The number of piperidine rings is 1. The molecular formula is C25H30FN3O2. The van der Waals surface area contributed by atoms with Gasteiger partial charge >= 0.3 is 0 Å². The van der Waals surface area contributed by atoms with Crippen molar-refractivity contribution in [2.75, 3.05) is 32.8 Å². The van der Waals surface area contributed by atoms with Crippen molar-refractivity contribution in [1.29, 1.82) is 0 Å². The van der Waals surface area contributed by atoms with E-state index in [0.717, 1.165) is 48.0 Å². The molecule has 1 aromatic heterocycles. The van der Waals surface area contributed by atoms with Gasteiger partial charge in [-0.15, -0.1) is 0 Å². The lowest BCUT2D eigenvalue weighted by Gasteiger charge is -2.34. The van der Waals surface area contributed by atoms with E-state index in [9.17, 15) is 9.18 Å². The van der Waals surface area contributed by atoms with Gasteiger partial charge in [-0.05, 0) is 41.5 Å². The first-order chi connectivity index (χ1) is 15.1. The van der Waals surface area contributed by atoms with Crippen LogP contribution in [0, 0.1) is 0 Å². The number of carbonyl (C=O) groups is 1. The van der Waals surface area contributed by atoms with E-state index in [1.165, 1.54) is 0 Å². The summed E-state index contributed by atoms with van der Waals surface area (Å²) in [7, 11) is 0. The lowest BCUT2D eigenvalue weighted by Crippen LogP contribution is -2.36. The SMILES string of the molecule is O=C(Cc1ccc2ccn(C3CCN(CC(F)c4ccccc4)CC3)c2c1)NCCO. The van der Waals surface area contributed by atoms with E-state index in [4.69, 9.17) is 5.11 Å². The number of fused-ring (bicyclic) bond motifs is 1. The van der Waals surface area contributed by atoms with Gasteiger partial charge in [-0.25, -0.2) is 4.39 Å². The quantitative estimate of drug-likeness (QED) is 0.582. The number of aliphatic hydroxyl groups excluding tert-OH is 1. The Morgan fingerprint density at radius 3 is 2.65 bits per heavy atom. The van der Waals surface area contributed by atoms with Crippen molar-refractivity contribution in [3.05, 3.63) is 71.9 Å². The highest BCUT2D eigenvalue weighted by Gasteiger charge is 2.24. The van der Waals surface area contributed by atoms with Crippen molar-refractivity contribution >= 4 is 16.8 Å². The lowest BCUT2D eigenvalue weighted by atomic mass is 10.0. The zero-order chi connectivity index (χ0) is 21.6. The molecule has 0 aliphatic carbocycles. The second kappa shape index (κ2) is 10.1. The van der Waals surface area contributed by atoms with Crippen molar-refractivity contribution in [2.24, 2.45) is 0 Å². The van der Waals surface area contributed by atoms with Crippen molar-refractivity contribution in [3.8, 4) is 0 Å². The van der Waals surface area contributed by atoms with Crippen LogP contribution in [-0.2, 0) is 11.2 Å². The molecule has 4 rings (SSSR count). The van der Waals surface area contributed by atoms with Crippen molar-refractivity contribution in [1.82, 2.24) is 14.8 Å². The number of likely N-dealkylation sites (tertiary alicyclic amines) is 1. The maximum absolute atomic E-state index is 14.6. The number of aromatic nitrogens is 1. The molecule has 1 aliphatic rings. The number of carbonyl (C=O) groups excluding carboxylic acids is 1. The largest absolute Gasteiger partial charge is 0.395 e. The Morgan fingerprint density at radius 2 is 1.90 bits per heavy atom.